The number of rotatable bonds is 5. The summed E-state index contributed by atoms with van der Waals surface area (Å²) in [6, 6.07) is 8.00. The van der Waals surface area contributed by atoms with Gasteiger partial charge in [-0.05, 0) is 44.0 Å². The van der Waals surface area contributed by atoms with Crippen LogP contribution in [0.1, 0.15) is 35.1 Å². The molecule has 2 aromatic heterocycles. The quantitative estimate of drug-likeness (QED) is 0.627. The molecule has 156 valence electrons. The van der Waals surface area contributed by atoms with Gasteiger partial charge >= 0.3 is 5.63 Å². The minimum absolute atomic E-state index is 0.00645. The van der Waals surface area contributed by atoms with Crippen molar-refractivity contribution in [3.8, 4) is 0 Å². The first-order valence-corrected chi connectivity index (χ1v) is 10.4. The second-order valence-corrected chi connectivity index (χ2v) is 8.11. The van der Waals surface area contributed by atoms with Gasteiger partial charge in [0.1, 0.15) is 10.5 Å². The highest BCUT2D eigenvalue weighted by atomic mass is 32.1. The highest BCUT2D eigenvalue weighted by molar-refractivity contribution is 7.17. The largest absolute Gasteiger partial charge is 0.423 e. The predicted molar refractivity (Wildman–Crippen MR) is 114 cm³/mol. The molecule has 0 saturated carbocycles. The zero-order chi connectivity index (χ0) is 21.3. The molecule has 1 aliphatic rings. The number of aryl methyl sites for hydroxylation is 1. The molecule has 0 radical (unpaired) electrons. The maximum Gasteiger partial charge on any atom is 0.336 e. The summed E-state index contributed by atoms with van der Waals surface area (Å²) >= 11 is 1.18. The first-order chi connectivity index (χ1) is 14.4. The Hall–Kier alpha value is -3.04. The number of thiazole rings is 1. The third-order valence-corrected chi connectivity index (χ3v) is 6.07. The van der Waals surface area contributed by atoms with Gasteiger partial charge in [0.2, 0.25) is 5.91 Å². The number of amides is 2. The predicted octanol–water partition coefficient (Wildman–Crippen LogP) is 3.34. The highest BCUT2D eigenvalue weighted by Crippen LogP contribution is 2.29. The van der Waals surface area contributed by atoms with Gasteiger partial charge in [0.15, 0.2) is 5.13 Å². The summed E-state index contributed by atoms with van der Waals surface area (Å²) in [6.45, 7) is 4.36. The van der Waals surface area contributed by atoms with Crippen molar-refractivity contribution in [2.75, 3.05) is 23.4 Å². The molecule has 0 bridgehead atoms. The number of hydrogen-bond donors (Lipinski definition) is 1. The molecule has 9 heteroatoms. The van der Waals surface area contributed by atoms with Crippen molar-refractivity contribution in [1.82, 2.24) is 4.98 Å². The van der Waals surface area contributed by atoms with E-state index in [2.05, 4.69) is 10.3 Å². The van der Waals surface area contributed by atoms with E-state index in [0.29, 0.717) is 45.5 Å². The second kappa shape index (κ2) is 8.37. The fourth-order valence-corrected chi connectivity index (χ4v) is 4.39. The molecule has 1 N–H and O–H groups in total. The number of benzene rings is 1. The number of ether oxygens (including phenoxy) is 1. The number of nitrogens with one attached hydrogen (secondary N) is 1. The highest BCUT2D eigenvalue weighted by Gasteiger charge is 2.26. The van der Waals surface area contributed by atoms with Crippen LogP contribution in [0.5, 0.6) is 0 Å². The standard InChI is InChI=1S/C21H21N3O5S/c1-12-19(30-21(22-12)24(13(2)25)11-16-4-3-9-28-16)20(27)23-15-6-7-17-14(10-15)5-8-18(26)29-17/h5-8,10,16H,3-4,9,11H2,1-2H3,(H,23,27). The van der Waals surface area contributed by atoms with Crippen molar-refractivity contribution in [2.24, 2.45) is 0 Å². The van der Waals surface area contributed by atoms with Gasteiger partial charge < -0.3 is 14.5 Å². The minimum atomic E-state index is -0.426. The first kappa shape index (κ1) is 20.2. The average Bonchev–Trinajstić information content (AvgIpc) is 3.35. The van der Waals surface area contributed by atoms with Crippen LogP contribution in [0.15, 0.2) is 39.5 Å². The van der Waals surface area contributed by atoms with E-state index in [1.165, 1.54) is 24.3 Å². The van der Waals surface area contributed by atoms with Gasteiger partial charge in [-0.25, -0.2) is 9.78 Å². The van der Waals surface area contributed by atoms with E-state index in [1.807, 2.05) is 0 Å². The Morgan fingerprint density at radius 2 is 2.13 bits per heavy atom. The molecule has 1 aromatic carbocycles. The molecular weight excluding hydrogens is 406 g/mol. The fraction of sp³-hybridized carbons (Fsp3) is 0.333. The lowest BCUT2D eigenvalue weighted by Gasteiger charge is -2.21. The molecule has 2 amide bonds. The lowest BCUT2D eigenvalue weighted by molar-refractivity contribution is -0.116. The Morgan fingerprint density at radius 1 is 1.30 bits per heavy atom. The molecule has 1 fully saturated rings. The summed E-state index contributed by atoms with van der Waals surface area (Å²) in [7, 11) is 0. The van der Waals surface area contributed by atoms with Crippen LogP contribution in [0.3, 0.4) is 0 Å². The number of carbonyl (C=O) groups excluding carboxylic acids is 2. The minimum Gasteiger partial charge on any atom is -0.423 e. The maximum absolute atomic E-state index is 12.8. The van der Waals surface area contributed by atoms with Gasteiger partial charge in [-0.15, -0.1) is 0 Å². The molecule has 3 heterocycles. The molecule has 0 spiro atoms. The lowest BCUT2D eigenvalue weighted by Crippen LogP contribution is -2.35. The van der Waals surface area contributed by atoms with Gasteiger partial charge in [-0.1, -0.05) is 11.3 Å². The summed E-state index contributed by atoms with van der Waals surface area (Å²) < 4.78 is 10.7. The van der Waals surface area contributed by atoms with Crippen molar-refractivity contribution >= 4 is 44.9 Å². The Labute approximate surface area is 176 Å². The third-order valence-electron chi connectivity index (χ3n) is 4.89. The summed E-state index contributed by atoms with van der Waals surface area (Å²) in [5.41, 5.74) is 1.14. The van der Waals surface area contributed by atoms with Crippen molar-refractivity contribution in [1.29, 1.82) is 0 Å². The summed E-state index contributed by atoms with van der Waals surface area (Å²) in [6.07, 6.45) is 1.88. The van der Waals surface area contributed by atoms with Crippen LogP contribution >= 0.6 is 11.3 Å². The molecular formula is C21H21N3O5S. The smallest absolute Gasteiger partial charge is 0.336 e. The molecule has 8 nitrogen and oxygen atoms in total. The van der Waals surface area contributed by atoms with E-state index < -0.39 is 5.63 Å². The molecule has 1 saturated heterocycles. The van der Waals surface area contributed by atoms with Crippen molar-refractivity contribution in [3.05, 3.63) is 51.3 Å². The Morgan fingerprint density at radius 3 is 2.87 bits per heavy atom. The van der Waals surface area contributed by atoms with Crippen molar-refractivity contribution < 1.29 is 18.7 Å². The Kier molecular flexibility index (Phi) is 5.65. The molecule has 3 aromatic rings. The lowest BCUT2D eigenvalue weighted by atomic mass is 10.2. The molecule has 30 heavy (non-hydrogen) atoms. The van der Waals surface area contributed by atoms with Gasteiger partial charge in [-0.3, -0.25) is 14.5 Å². The number of fused-ring (bicyclic) bond motifs is 1. The number of anilines is 2. The van der Waals surface area contributed by atoms with Gasteiger partial charge in [0.05, 0.1) is 18.3 Å². The molecule has 4 rings (SSSR count). The Balaban J connectivity index is 1.54. The molecule has 1 aliphatic heterocycles. The van der Waals surface area contributed by atoms with Crippen LogP contribution in [0.2, 0.25) is 0 Å². The van der Waals surface area contributed by atoms with Crippen LogP contribution in [0, 0.1) is 6.92 Å². The van der Waals surface area contributed by atoms with E-state index in [1.54, 1.807) is 36.1 Å². The van der Waals surface area contributed by atoms with Gasteiger partial charge in [0, 0.05) is 30.7 Å². The maximum atomic E-state index is 12.8. The van der Waals surface area contributed by atoms with E-state index in [4.69, 9.17) is 9.15 Å². The van der Waals surface area contributed by atoms with Crippen LogP contribution in [-0.4, -0.2) is 36.1 Å². The number of hydrogen-bond acceptors (Lipinski definition) is 7. The topological polar surface area (TPSA) is 102 Å². The monoisotopic (exact) mass is 427 g/mol. The van der Waals surface area contributed by atoms with Crippen molar-refractivity contribution in [3.63, 3.8) is 0 Å². The fourth-order valence-electron chi connectivity index (χ4n) is 3.38. The van der Waals surface area contributed by atoms with E-state index >= 15 is 0 Å². The molecule has 0 aliphatic carbocycles. The normalized spacial score (nSPS) is 16.0. The number of nitrogens with zero attached hydrogens (tertiary/aromatic N) is 2. The first-order valence-electron chi connectivity index (χ1n) is 9.63. The van der Waals surface area contributed by atoms with Crippen LogP contribution in [0.4, 0.5) is 10.8 Å². The van der Waals surface area contributed by atoms with Crippen LogP contribution in [-0.2, 0) is 9.53 Å². The van der Waals surface area contributed by atoms with Crippen LogP contribution < -0.4 is 15.8 Å². The zero-order valence-electron chi connectivity index (χ0n) is 16.6. The zero-order valence-corrected chi connectivity index (χ0v) is 17.5. The SMILES string of the molecule is CC(=O)N(CC1CCCO1)c1nc(C)c(C(=O)Nc2ccc3oc(=O)ccc3c2)s1. The van der Waals surface area contributed by atoms with Crippen molar-refractivity contribution in [2.45, 2.75) is 32.8 Å². The summed E-state index contributed by atoms with van der Waals surface area (Å²) in [4.78, 5) is 42.8. The third kappa shape index (κ3) is 4.27. The van der Waals surface area contributed by atoms with Gasteiger partial charge in [-0.2, -0.15) is 0 Å². The second-order valence-electron chi connectivity index (χ2n) is 7.14. The molecule has 1 atom stereocenters. The van der Waals surface area contributed by atoms with E-state index in [9.17, 15) is 14.4 Å². The van der Waals surface area contributed by atoms with Crippen LogP contribution in [0.25, 0.3) is 11.0 Å². The Bertz CT molecular complexity index is 1160. The summed E-state index contributed by atoms with van der Waals surface area (Å²) in [5.74, 6) is -0.448. The van der Waals surface area contributed by atoms with E-state index in [0.717, 1.165) is 12.8 Å². The number of aromatic nitrogens is 1. The molecule has 1 unspecified atom stereocenters. The average molecular weight is 427 g/mol. The summed E-state index contributed by atoms with van der Waals surface area (Å²) in [5, 5.41) is 4.03. The number of carbonyl (C=O) groups is 2. The van der Waals surface area contributed by atoms with Gasteiger partial charge in [0.25, 0.3) is 5.91 Å². The van der Waals surface area contributed by atoms with E-state index in [-0.39, 0.29) is 17.9 Å².